The lowest BCUT2D eigenvalue weighted by atomic mass is 10.2. The van der Waals surface area contributed by atoms with Crippen LogP contribution in [-0.2, 0) is 6.42 Å². The highest BCUT2D eigenvalue weighted by molar-refractivity contribution is 5.10. The minimum Gasteiger partial charge on any atom is -0.224 e. The van der Waals surface area contributed by atoms with E-state index in [1.807, 2.05) is 18.2 Å². The van der Waals surface area contributed by atoms with Gasteiger partial charge in [0.15, 0.2) is 0 Å². The van der Waals surface area contributed by atoms with Gasteiger partial charge in [-0.05, 0) is 12.0 Å². The molecule has 1 nitrogen and oxygen atoms in total. The van der Waals surface area contributed by atoms with Crippen molar-refractivity contribution in [3.05, 3.63) is 42.9 Å². The van der Waals surface area contributed by atoms with Gasteiger partial charge in [-0.25, -0.2) is 4.42 Å². The van der Waals surface area contributed by atoms with Crippen LogP contribution in [0.5, 0.6) is 0 Å². The van der Waals surface area contributed by atoms with Crippen LogP contribution in [-0.4, -0.2) is 0 Å². The van der Waals surface area contributed by atoms with Gasteiger partial charge in [0, 0.05) is 12.1 Å². The van der Waals surface area contributed by atoms with Crippen molar-refractivity contribution < 1.29 is 4.42 Å². The lowest BCUT2D eigenvalue weighted by Gasteiger charge is -1.85. The minimum atomic E-state index is 0.913. The monoisotopic (exact) mass is 121 g/mol. The summed E-state index contributed by atoms with van der Waals surface area (Å²) in [5, 5.41) is 0. The number of rotatable bonds is 2. The van der Waals surface area contributed by atoms with Crippen molar-refractivity contribution in [2.75, 3.05) is 0 Å². The van der Waals surface area contributed by atoms with Gasteiger partial charge in [0.25, 0.3) is 0 Å². The highest BCUT2D eigenvalue weighted by atomic mass is 16.3. The molecule has 0 aliphatic heterocycles. The van der Waals surface area contributed by atoms with Gasteiger partial charge >= 0.3 is 12.5 Å². The van der Waals surface area contributed by atoms with E-state index in [1.165, 1.54) is 5.56 Å². The minimum absolute atomic E-state index is 0.913. The second-order valence-electron chi connectivity index (χ2n) is 1.81. The van der Waals surface area contributed by atoms with E-state index in [-0.39, 0.29) is 0 Å². The van der Waals surface area contributed by atoms with E-state index in [9.17, 15) is 0 Å². The first kappa shape index (κ1) is 6.02. The van der Waals surface area contributed by atoms with Gasteiger partial charge in [-0.1, -0.05) is 6.08 Å². The Kier molecular flexibility index (Phi) is 2.02. The molecule has 0 amide bonds. The van der Waals surface area contributed by atoms with E-state index in [1.54, 1.807) is 12.5 Å². The fraction of sp³-hybridized carbons (Fsp3) is 0.125. The molecular weight excluding hydrogens is 112 g/mol. The molecule has 46 valence electrons. The zero-order valence-electron chi connectivity index (χ0n) is 5.21. The van der Waals surface area contributed by atoms with Crippen molar-refractivity contribution in [2.24, 2.45) is 0 Å². The summed E-state index contributed by atoms with van der Waals surface area (Å²) in [6.07, 6.45) is 6.11. The highest BCUT2D eigenvalue weighted by Gasteiger charge is 1.90. The predicted octanol–water partition coefficient (Wildman–Crippen LogP) is 2.29. The van der Waals surface area contributed by atoms with Gasteiger partial charge in [0.05, 0.1) is 0 Å². The molecule has 1 rings (SSSR count). The molecule has 0 aromatic carbocycles. The average molecular weight is 121 g/mol. The molecule has 1 aromatic rings. The third kappa shape index (κ3) is 1.68. The maximum Gasteiger partial charge on any atom is 0.318 e. The van der Waals surface area contributed by atoms with Gasteiger partial charge in [-0.3, -0.25) is 0 Å². The van der Waals surface area contributed by atoms with Crippen LogP contribution in [0.1, 0.15) is 5.56 Å². The molecule has 0 unspecified atom stereocenters. The van der Waals surface area contributed by atoms with Gasteiger partial charge in [0.2, 0.25) is 0 Å². The summed E-state index contributed by atoms with van der Waals surface area (Å²) in [5.41, 5.74) is 1.23. The molecule has 0 bridgehead atoms. The summed E-state index contributed by atoms with van der Waals surface area (Å²) < 4.78 is 4.83. The Morgan fingerprint density at radius 1 is 1.44 bits per heavy atom. The van der Waals surface area contributed by atoms with E-state index in [0.29, 0.717) is 0 Å². The number of hydrogen-bond donors (Lipinski definition) is 0. The van der Waals surface area contributed by atoms with Gasteiger partial charge < -0.3 is 0 Å². The largest absolute Gasteiger partial charge is 0.318 e. The lowest BCUT2D eigenvalue weighted by molar-refractivity contribution is 0.548. The standard InChI is InChI=1S/C8H9O/c1-2-3-8-4-6-9-7-5-8/h2,4-7H,1,3H2/q+1. The van der Waals surface area contributed by atoms with Crippen LogP contribution in [0, 0.1) is 0 Å². The third-order valence-corrected chi connectivity index (χ3v) is 1.10. The van der Waals surface area contributed by atoms with E-state index in [2.05, 4.69) is 6.58 Å². The fourth-order valence-electron chi connectivity index (χ4n) is 0.657. The van der Waals surface area contributed by atoms with E-state index >= 15 is 0 Å². The highest BCUT2D eigenvalue weighted by Crippen LogP contribution is 1.98. The SMILES string of the molecule is C=CCc1cc[o+]cc1. The molecule has 0 saturated heterocycles. The number of allylic oxidation sites excluding steroid dienone is 1. The summed E-state index contributed by atoms with van der Waals surface area (Å²) in [7, 11) is 0. The molecule has 0 aliphatic carbocycles. The van der Waals surface area contributed by atoms with E-state index < -0.39 is 0 Å². The van der Waals surface area contributed by atoms with E-state index in [0.717, 1.165) is 6.42 Å². The normalized spacial score (nSPS) is 8.89. The molecule has 1 heteroatoms. The maximum atomic E-state index is 4.83. The second kappa shape index (κ2) is 3.02. The topological polar surface area (TPSA) is 11.3 Å². The Morgan fingerprint density at radius 3 is 2.67 bits per heavy atom. The van der Waals surface area contributed by atoms with Crippen molar-refractivity contribution in [3.8, 4) is 0 Å². The quantitative estimate of drug-likeness (QED) is 0.431. The number of hydrogen-bond acceptors (Lipinski definition) is 0. The molecule has 0 radical (unpaired) electrons. The van der Waals surface area contributed by atoms with Gasteiger partial charge in [-0.15, -0.1) is 6.58 Å². The zero-order valence-corrected chi connectivity index (χ0v) is 5.21. The van der Waals surface area contributed by atoms with Crippen LogP contribution in [0.4, 0.5) is 0 Å². The maximum absolute atomic E-state index is 4.83. The van der Waals surface area contributed by atoms with Crippen LogP contribution in [0.15, 0.2) is 41.7 Å². The van der Waals surface area contributed by atoms with Gasteiger partial charge in [0.1, 0.15) is 0 Å². The molecule has 0 atom stereocenters. The van der Waals surface area contributed by atoms with Crippen LogP contribution in [0.3, 0.4) is 0 Å². The summed E-state index contributed by atoms with van der Waals surface area (Å²) in [5.74, 6) is 0. The first-order valence-electron chi connectivity index (χ1n) is 2.89. The molecule has 0 saturated carbocycles. The van der Waals surface area contributed by atoms with Crippen LogP contribution >= 0.6 is 0 Å². The van der Waals surface area contributed by atoms with Crippen molar-refractivity contribution in [1.82, 2.24) is 0 Å². The Bertz CT molecular complexity index is 179. The fourth-order valence-corrected chi connectivity index (χ4v) is 0.657. The van der Waals surface area contributed by atoms with Crippen molar-refractivity contribution in [3.63, 3.8) is 0 Å². The average Bonchev–Trinajstić information content (AvgIpc) is 1.91. The molecule has 0 spiro atoms. The summed E-state index contributed by atoms with van der Waals surface area (Å²) in [6, 6.07) is 3.86. The molecule has 9 heavy (non-hydrogen) atoms. The zero-order chi connectivity index (χ0) is 6.53. The summed E-state index contributed by atoms with van der Waals surface area (Å²) in [4.78, 5) is 0. The molecule has 0 N–H and O–H groups in total. The molecule has 1 aromatic heterocycles. The van der Waals surface area contributed by atoms with Crippen molar-refractivity contribution in [2.45, 2.75) is 6.42 Å². The predicted molar refractivity (Wildman–Crippen MR) is 37.0 cm³/mol. The Balaban J connectivity index is 2.72. The first-order chi connectivity index (χ1) is 4.43. The lowest BCUT2D eigenvalue weighted by Crippen LogP contribution is -1.75. The molecular formula is C8H9O+. The Hall–Kier alpha value is -1.11. The summed E-state index contributed by atoms with van der Waals surface area (Å²) in [6.45, 7) is 3.63. The molecule has 0 aliphatic rings. The van der Waals surface area contributed by atoms with Crippen LogP contribution < -0.4 is 0 Å². The Labute approximate surface area is 54.6 Å². The van der Waals surface area contributed by atoms with Crippen molar-refractivity contribution in [1.29, 1.82) is 0 Å². The molecule has 0 fully saturated rings. The second-order valence-corrected chi connectivity index (χ2v) is 1.81. The van der Waals surface area contributed by atoms with E-state index in [4.69, 9.17) is 4.42 Å². The summed E-state index contributed by atoms with van der Waals surface area (Å²) >= 11 is 0. The smallest absolute Gasteiger partial charge is 0.224 e. The van der Waals surface area contributed by atoms with Crippen molar-refractivity contribution >= 4 is 0 Å². The van der Waals surface area contributed by atoms with Crippen LogP contribution in [0.2, 0.25) is 0 Å². The van der Waals surface area contributed by atoms with Gasteiger partial charge in [-0.2, -0.15) is 0 Å². The molecule has 1 heterocycles. The first-order valence-corrected chi connectivity index (χ1v) is 2.89. The third-order valence-electron chi connectivity index (χ3n) is 1.10. The Morgan fingerprint density at radius 2 is 2.11 bits per heavy atom. The van der Waals surface area contributed by atoms with Crippen LogP contribution in [0.25, 0.3) is 0 Å².